The number of aromatic nitrogens is 2. The third-order valence-electron chi connectivity index (χ3n) is 9.06. The molecule has 2 aliphatic heterocycles. The number of rotatable bonds is 15. The first-order chi connectivity index (χ1) is 20.9. The molecule has 0 radical (unpaired) electrons. The molecule has 4 rings (SSSR count). The molecule has 0 spiro atoms. The van der Waals surface area contributed by atoms with Crippen molar-refractivity contribution < 1.29 is 29.4 Å². The second-order valence-electron chi connectivity index (χ2n) is 11.7. The highest BCUT2D eigenvalue weighted by Crippen LogP contribution is 2.32. The molecule has 10 nitrogen and oxygen atoms in total. The lowest BCUT2D eigenvalue weighted by molar-refractivity contribution is -0.138. The van der Waals surface area contributed by atoms with E-state index in [1.165, 1.54) is 0 Å². The van der Waals surface area contributed by atoms with E-state index in [-0.39, 0.29) is 30.6 Å². The van der Waals surface area contributed by atoms with Crippen LogP contribution in [0.5, 0.6) is 0 Å². The van der Waals surface area contributed by atoms with Gasteiger partial charge in [-0.05, 0) is 92.5 Å². The average Bonchev–Trinajstić information content (AvgIpc) is 3.60. The maximum atomic E-state index is 12.5. The summed E-state index contributed by atoms with van der Waals surface area (Å²) in [7, 11) is 0. The zero-order chi connectivity index (χ0) is 32.3. The Labute approximate surface area is 262 Å². The molecule has 0 aliphatic carbocycles. The van der Waals surface area contributed by atoms with Crippen LogP contribution in [0, 0.1) is 19.8 Å². The van der Waals surface area contributed by atoms with Crippen LogP contribution >= 0.6 is 12.6 Å². The zero-order valence-corrected chi connectivity index (χ0v) is 27.0. The van der Waals surface area contributed by atoms with Crippen LogP contribution in [0.1, 0.15) is 91.5 Å². The highest BCUT2D eigenvalue weighted by molar-refractivity contribution is 7.80. The summed E-state index contributed by atoms with van der Waals surface area (Å²) in [4.78, 5) is 59.4. The number of amides is 2. The number of carbonyl (C=O) groups excluding carboxylic acids is 2. The maximum Gasteiger partial charge on any atom is 0.303 e. The van der Waals surface area contributed by atoms with Crippen molar-refractivity contribution >= 4 is 42.1 Å². The minimum absolute atomic E-state index is 0.0329. The van der Waals surface area contributed by atoms with E-state index in [1.807, 2.05) is 34.6 Å². The van der Waals surface area contributed by atoms with Crippen molar-refractivity contribution in [3.63, 3.8) is 0 Å². The first-order valence-corrected chi connectivity index (χ1v) is 15.8. The largest absolute Gasteiger partial charge is 0.481 e. The van der Waals surface area contributed by atoms with Gasteiger partial charge in [0.05, 0.1) is 11.6 Å². The molecular formula is C33H42N4O6S. The Hall–Kier alpha value is -3.86. The lowest BCUT2D eigenvalue weighted by Crippen LogP contribution is -2.20. The molecule has 236 valence electrons. The number of carboxylic acids is 2. The van der Waals surface area contributed by atoms with Crippen LogP contribution in [0.15, 0.2) is 27.4 Å². The van der Waals surface area contributed by atoms with E-state index in [9.17, 15) is 29.4 Å². The number of nitrogens with one attached hydrogen (secondary N) is 3. The van der Waals surface area contributed by atoms with E-state index >= 15 is 0 Å². The molecule has 2 amide bonds. The Kier molecular flexibility index (Phi) is 10.4. The summed E-state index contributed by atoms with van der Waals surface area (Å²) < 4.78 is 0. The third-order valence-corrected chi connectivity index (χ3v) is 9.29. The number of carbonyl (C=O) groups is 4. The van der Waals surface area contributed by atoms with Gasteiger partial charge in [0.25, 0.3) is 5.91 Å². The second kappa shape index (κ2) is 13.8. The van der Waals surface area contributed by atoms with Crippen molar-refractivity contribution in [2.45, 2.75) is 92.4 Å². The highest BCUT2D eigenvalue weighted by Gasteiger charge is 2.30. The van der Waals surface area contributed by atoms with E-state index in [0.717, 1.165) is 61.9 Å². The first kappa shape index (κ1) is 33.0. The first-order valence-electron chi connectivity index (χ1n) is 15.1. The van der Waals surface area contributed by atoms with Gasteiger partial charge in [-0.3, -0.25) is 19.2 Å². The summed E-state index contributed by atoms with van der Waals surface area (Å²) in [5.74, 6) is -1.62. The van der Waals surface area contributed by atoms with E-state index in [2.05, 4.69) is 32.9 Å². The number of aromatic amines is 2. The lowest BCUT2D eigenvalue weighted by atomic mass is 9.96. The molecule has 0 bridgehead atoms. The number of hydrogen-bond acceptors (Lipinski definition) is 5. The molecule has 11 heteroatoms. The zero-order valence-electron chi connectivity index (χ0n) is 26.1. The summed E-state index contributed by atoms with van der Waals surface area (Å²) in [5.41, 5.74) is 11.4. The SMILES string of the molecule is CCC1=C(C)C(Cc2[nH]c(Cc3[nH]c(CC4=C(CCS)[C@H](C)C(=O)N4)c(C)c3CCC(=O)O)c(CCC(=O)O)c2C)=NC1=O. The number of thiol groups is 1. The van der Waals surface area contributed by atoms with E-state index < -0.39 is 11.9 Å². The monoisotopic (exact) mass is 622 g/mol. The predicted molar refractivity (Wildman–Crippen MR) is 171 cm³/mol. The van der Waals surface area contributed by atoms with Gasteiger partial charge in [0.1, 0.15) is 0 Å². The molecule has 2 aliphatic rings. The van der Waals surface area contributed by atoms with Gasteiger partial charge in [0.2, 0.25) is 5.91 Å². The summed E-state index contributed by atoms with van der Waals surface area (Å²) in [6.07, 6.45) is 3.21. The van der Waals surface area contributed by atoms with Crippen LogP contribution in [0.3, 0.4) is 0 Å². The van der Waals surface area contributed by atoms with Crippen molar-refractivity contribution in [1.82, 2.24) is 15.3 Å². The van der Waals surface area contributed by atoms with Gasteiger partial charge in [-0.15, -0.1) is 0 Å². The molecule has 2 aromatic rings. The molecule has 0 unspecified atom stereocenters. The molecular weight excluding hydrogens is 580 g/mol. The molecule has 4 heterocycles. The number of H-pyrrole nitrogens is 2. The Balaban J connectivity index is 1.73. The van der Waals surface area contributed by atoms with Crippen molar-refractivity contribution in [2.75, 3.05) is 5.75 Å². The molecule has 2 aromatic heterocycles. The fourth-order valence-corrected chi connectivity index (χ4v) is 6.68. The smallest absolute Gasteiger partial charge is 0.303 e. The quantitative estimate of drug-likeness (QED) is 0.157. The Morgan fingerprint density at radius 3 is 1.86 bits per heavy atom. The average molecular weight is 623 g/mol. The Morgan fingerprint density at radius 1 is 0.841 bits per heavy atom. The van der Waals surface area contributed by atoms with Gasteiger partial charge in [0.15, 0.2) is 0 Å². The molecule has 0 fully saturated rings. The molecule has 5 N–H and O–H groups in total. The van der Waals surface area contributed by atoms with Crippen LogP contribution in [0.25, 0.3) is 0 Å². The third kappa shape index (κ3) is 6.93. The number of hydrogen-bond donors (Lipinski definition) is 6. The second-order valence-corrected chi connectivity index (χ2v) is 12.1. The molecule has 0 saturated carbocycles. The van der Waals surface area contributed by atoms with Gasteiger partial charge in [0, 0.05) is 66.1 Å². The van der Waals surface area contributed by atoms with Crippen LogP contribution in [0.2, 0.25) is 0 Å². The fourth-order valence-electron chi connectivity index (χ4n) is 6.44. The van der Waals surface area contributed by atoms with Crippen molar-refractivity contribution in [3.8, 4) is 0 Å². The topological polar surface area (TPSA) is 165 Å². The van der Waals surface area contributed by atoms with Gasteiger partial charge < -0.3 is 25.5 Å². The molecule has 1 atom stereocenters. The standard InChI is InChI=1S/C33H42N4O6S/c1-6-20-16(2)26(36-33(20)43)13-24-17(3)21(7-9-30(38)39)27(34-24)15-28-22(8-10-31(40)41)18(4)25(35-28)14-29-23(11-12-44)19(5)32(42)37-29/h19,34-35,44H,6-15H2,1-5H3,(H,37,42)(H,38,39)(H,40,41)/t19-/m0/s1. The van der Waals surface area contributed by atoms with Crippen LogP contribution in [-0.2, 0) is 51.3 Å². The summed E-state index contributed by atoms with van der Waals surface area (Å²) >= 11 is 4.38. The number of allylic oxidation sites excluding steroid dienone is 2. The minimum atomic E-state index is -0.895. The number of aliphatic carboxylic acids is 2. The number of aliphatic imine (C=N–C) groups is 1. The van der Waals surface area contributed by atoms with Gasteiger partial charge >= 0.3 is 11.9 Å². The molecule has 44 heavy (non-hydrogen) atoms. The van der Waals surface area contributed by atoms with E-state index in [0.29, 0.717) is 62.0 Å². The summed E-state index contributed by atoms with van der Waals surface area (Å²) in [6.45, 7) is 9.67. The Morgan fingerprint density at radius 2 is 1.39 bits per heavy atom. The van der Waals surface area contributed by atoms with Crippen molar-refractivity contribution in [1.29, 1.82) is 0 Å². The highest BCUT2D eigenvalue weighted by atomic mass is 32.1. The van der Waals surface area contributed by atoms with Gasteiger partial charge in [-0.2, -0.15) is 12.6 Å². The van der Waals surface area contributed by atoms with Gasteiger partial charge in [-0.25, -0.2) is 4.99 Å². The lowest BCUT2D eigenvalue weighted by Gasteiger charge is -2.08. The number of carboxylic acid groups (broad SMARTS) is 2. The maximum absolute atomic E-state index is 12.5. The number of nitrogens with zero attached hydrogens (tertiary/aromatic N) is 1. The van der Waals surface area contributed by atoms with E-state index in [1.54, 1.807) is 0 Å². The normalized spacial score (nSPS) is 16.8. The minimum Gasteiger partial charge on any atom is -0.481 e. The summed E-state index contributed by atoms with van der Waals surface area (Å²) in [5, 5.41) is 22.0. The van der Waals surface area contributed by atoms with E-state index in [4.69, 9.17) is 0 Å². The molecule has 0 aromatic carbocycles. The van der Waals surface area contributed by atoms with Gasteiger partial charge in [-0.1, -0.05) is 6.92 Å². The van der Waals surface area contributed by atoms with Crippen molar-refractivity contribution in [2.24, 2.45) is 10.9 Å². The fraction of sp³-hybridized carbons (Fsp3) is 0.485. The van der Waals surface area contributed by atoms with Crippen LogP contribution in [0.4, 0.5) is 0 Å². The summed E-state index contributed by atoms with van der Waals surface area (Å²) in [6, 6.07) is 0. The Bertz CT molecular complexity index is 1610. The predicted octanol–water partition coefficient (Wildman–Crippen LogP) is 4.72. The van der Waals surface area contributed by atoms with Crippen molar-refractivity contribution in [3.05, 3.63) is 67.4 Å². The molecule has 0 saturated heterocycles. The van der Waals surface area contributed by atoms with Crippen LogP contribution in [-0.4, -0.2) is 55.4 Å². The van der Waals surface area contributed by atoms with Crippen LogP contribution < -0.4 is 5.32 Å².